The van der Waals surface area contributed by atoms with Gasteiger partial charge >= 0.3 is 7.12 Å². The average molecular weight is 391 g/mol. The molecule has 1 heterocycles. The number of aromatic amines is 1. The molecule has 0 atom stereocenters. The lowest BCUT2D eigenvalue weighted by molar-refractivity contribution is 0.242. The number of rotatable bonds is 4. The number of aromatic nitrogens is 1. The Kier molecular flexibility index (Phi) is 5.49. The van der Waals surface area contributed by atoms with Crippen LogP contribution in [0.25, 0.3) is 11.1 Å². The second-order valence-electron chi connectivity index (χ2n) is 5.60. The van der Waals surface area contributed by atoms with E-state index in [-0.39, 0.29) is 17.1 Å². The van der Waals surface area contributed by atoms with Gasteiger partial charge in [-0.15, -0.1) is 0 Å². The molecule has 0 amide bonds. The summed E-state index contributed by atoms with van der Waals surface area (Å²) < 4.78 is 6.13. The summed E-state index contributed by atoms with van der Waals surface area (Å²) in [4.78, 5) is 14.5. The van der Waals surface area contributed by atoms with Crippen molar-refractivity contribution in [1.29, 1.82) is 5.26 Å². The molecule has 0 saturated carbocycles. The van der Waals surface area contributed by atoms with E-state index in [9.17, 15) is 20.1 Å². The van der Waals surface area contributed by atoms with Crippen LogP contribution >= 0.6 is 15.9 Å². The zero-order valence-electron chi connectivity index (χ0n) is 13.4. The van der Waals surface area contributed by atoms with Gasteiger partial charge in [0.1, 0.15) is 17.4 Å². The SMILES string of the molecule is Cc1cc(-c2cc(Br)c(OC(C)C)c(B(O)O)c2)c(C#N)c(=O)[nH]1. The Hall–Kier alpha value is -2.08. The van der Waals surface area contributed by atoms with Crippen LogP contribution in [0.4, 0.5) is 0 Å². The summed E-state index contributed by atoms with van der Waals surface area (Å²) >= 11 is 3.36. The number of pyridine rings is 1. The maximum absolute atomic E-state index is 12.0. The van der Waals surface area contributed by atoms with Crippen LogP contribution in [0.2, 0.25) is 0 Å². The molecule has 2 rings (SSSR count). The van der Waals surface area contributed by atoms with E-state index in [1.54, 1.807) is 19.1 Å². The monoisotopic (exact) mass is 390 g/mol. The van der Waals surface area contributed by atoms with Crippen molar-refractivity contribution in [1.82, 2.24) is 4.98 Å². The fourth-order valence-corrected chi connectivity index (χ4v) is 2.92. The van der Waals surface area contributed by atoms with E-state index >= 15 is 0 Å². The largest absolute Gasteiger partial charge is 0.492 e. The Morgan fingerprint density at radius 2 is 2.00 bits per heavy atom. The van der Waals surface area contributed by atoms with Crippen molar-refractivity contribution in [2.45, 2.75) is 26.9 Å². The number of nitriles is 1. The summed E-state index contributed by atoms with van der Waals surface area (Å²) in [5.41, 5.74) is 1.14. The van der Waals surface area contributed by atoms with E-state index in [1.807, 2.05) is 19.9 Å². The Bertz CT molecular complexity index is 872. The van der Waals surface area contributed by atoms with Crippen LogP contribution in [0.15, 0.2) is 27.5 Å². The molecular weight excluding hydrogens is 375 g/mol. The van der Waals surface area contributed by atoms with Gasteiger partial charge in [-0.2, -0.15) is 5.26 Å². The summed E-state index contributed by atoms with van der Waals surface area (Å²) in [6.07, 6.45) is -0.166. The van der Waals surface area contributed by atoms with Crippen LogP contribution in [0, 0.1) is 18.3 Å². The number of nitrogens with one attached hydrogen (secondary N) is 1. The third-order valence-electron chi connectivity index (χ3n) is 3.29. The van der Waals surface area contributed by atoms with Gasteiger partial charge in [-0.3, -0.25) is 4.79 Å². The van der Waals surface area contributed by atoms with Crippen molar-refractivity contribution < 1.29 is 14.8 Å². The summed E-state index contributed by atoms with van der Waals surface area (Å²) in [5.74, 6) is 0.309. The lowest BCUT2D eigenvalue weighted by Gasteiger charge is -2.18. The molecule has 0 aliphatic heterocycles. The molecule has 0 aliphatic carbocycles. The molecule has 0 radical (unpaired) electrons. The quantitative estimate of drug-likeness (QED) is 0.685. The fourth-order valence-electron chi connectivity index (χ4n) is 2.35. The number of halogens is 1. The highest BCUT2D eigenvalue weighted by Crippen LogP contribution is 2.31. The van der Waals surface area contributed by atoms with Crippen molar-refractivity contribution in [3.63, 3.8) is 0 Å². The minimum atomic E-state index is -1.76. The summed E-state index contributed by atoms with van der Waals surface area (Å²) in [7, 11) is -1.76. The molecule has 0 bridgehead atoms. The maximum Gasteiger partial charge on any atom is 0.492 e. The van der Waals surface area contributed by atoms with Gasteiger partial charge in [0, 0.05) is 16.7 Å². The maximum atomic E-state index is 12.0. The molecule has 0 spiro atoms. The summed E-state index contributed by atoms with van der Waals surface area (Å²) in [6, 6.07) is 6.74. The smallest absolute Gasteiger partial charge is 0.490 e. The second kappa shape index (κ2) is 7.22. The average Bonchev–Trinajstić information content (AvgIpc) is 2.47. The number of hydrogen-bond acceptors (Lipinski definition) is 5. The second-order valence-corrected chi connectivity index (χ2v) is 6.45. The number of nitrogens with zero attached hydrogens (tertiary/aromatic N) is 1. The van der Waals surface area contributed by atoms with Crippen molar-refractivity contribution in [3.8, 4) is 22.9 Å². The van der Waals surface area contributed by atoms with Gasteiger partial charge in [-0.1, -0.05) is 6.07 Å². The Morgan fingerprint density at radius 1 is 1.33 bits per heavy atom. The Morgan fingerprint density at radius 3 is 2.54 bits per heavy atom. The van der Waals surface area contributed by atoms with Crippen LogP contribution in [-0.2, 0) is 0 Å². The molecule has 6 nitrogen and oxygen atoms in total. The van der Waals surface area contributed by atoms with Crippen molar-refractivity contribution in [2.24, 2.45) is 0 Å². The molecule has 0 aliphatic rings. The van der Waals surface area contributed by atoms with E-state index in [4.69, 9.17) is 4.74 Å². The van der Waals surface area contributed by atoms with Gasteiger partial charge in [0.05, 0.1) is 10.6 Å². The summed E-state index contributed by atoms with van der Waals surface area (Å²) in [6.45, 7) is 5.35. The van der Waals surface area contributed by atoms with Crippen LogP contribution in [0.5, 0.6) is 5.75 Å². The van der Waals surface area contributed by atoms with Gasteiger partial charge in [0.2, 0.25) is 0 Å². The minimum absolute atomic E-state index is 0.0385. The zero-order chi connectivity index (χ0) is 18.0. The zero-order valence-corrected chi connectivity index (χ0v) is 15.0. The van der Waals surface area contributed by atoms with Gasteiger partial charge in [-0.05, 0) is 54.4 Å². The minimum Gasteiger partial charge on any atom is -0.490 e. The number of benzene rings is 1. The predicted molar refractivity (Wildman–Crippen MR) is 95.2 cm³/mol. The first-order valence-corrected chi connectivity index (χ1v) is 8.04. The van der Waals surface area contributed by atoms with E-state index < -0.39 is 12.7 Å². The molecule has 24 heavy (non-hydrogen) atoms. The summed E-state index contributed by atoms with van der Waals surface area (Å²) in [5, 5.41) is 28.6. The molecule has 2 aromatic rings. The normalized spacial score (nSPS) is 10.6. The van der Waals surface area contributed by atoms with Crippen molar-refractivity contribution in [2.75, 3.05) is 0 Å². The van der Waals surface area contributed by atoms with Crippen LogP contribution < -0.4 is 15.8 Å². The molecular formula is C16H16BBrN2O4. The van der Waals surface area contributed by atoms with E-state index in [1.165, 1.54) is 6.07 Å². The van der Waals surface area contributed by atoms with Crippen molar-refractivity contribution in [3.05, 3.63) is 44.3 Å². The highest BCUT2D eigenvalue weighted by atomic mass is 79.9. The fraction of sp³-hybridized carbons (Fsp3) is 0.250. The van der Waals surface area contributed by atoms with Crippen LogP contribution in [0.3, 0.4) is 0 Å². The molecule has 8 heteroatoms. The first-order valence-electron chi connectivity index (χ1n) is 7.25. The van der Waals surface area contributed by atoms with Crippen LogP contribution in [-0.4, -0.2) is 28.3 Å². The molecule has 3 N–H and O–H groups in total. The van der Waals surface area contributed by atoms with Gasteiger partial charge in [0.15, 0.2) is 0 Å². The van der Waals surface area contributed by atoms with Crippen LogP contribution in [0.1, 0.15) is 25.1 Å². The predicted octanol–water partition coefficient (Wildman–Crippen LogP) is 1.45. The van der Waals surface area contributed by atoms with E-state index in [0.29, 0.717) is 27.0 Å². The highest BCUT2D eigenvalue weighted by Gasteiger charge is 2.23. The molecule has 0 saturated heterocycles. The topological polar surface area (TPSA) is 106 Å². The van der Waals surface area contributed by atoms with Gasteiger partial charge in [-0.25, -0.2) is 0 Å². The number of aryl methyl sites for hydroxylation is 1. The lowest BCUT2D eigenvalue weighted by atomic mass is 9.78. The molecule has 124 valence electrons. The van der Waals surface area contributed by atoms with E-state index in [2.05, 4.69) is 20.9 Å². The van der Waals surface area contributed by atoms with E-state index in [0.717, 1.165) is 0 Å². The molecule has 1 aromatic carbocycles. The first-order chi connectivity index (χ1) is 11.2. The molecule has 0 fully saturated rings. The highest BCUT2D eigenvalue weighted by molar-refractivity contribution is 9.10. The Balaban J connectivity index is 2.75. The Labute approximate surface area is 148 Å². The number of hydrogen-bond donors (Lipinski definition) is 3. The number of H-pyrrole nitrogens is 1. The third-order valence-corrected chi connectivity index (χ3v) is 3.88. The lowest BCUT2D eigenvalue weighted by Crippen LogP contribution is -2.33. The molecule has 0 unspecified atom stereocenters. The van der Waals surface area contributed by atoms with Crippen molar-refractivity contribution >= 4 is 28.5 Å². The third kappa shape index (κ3) is 3.70. The molecule has 1 aromatic heterocycles. The first kappa shape index (κ1) is 18.3. The van der Waals surface area contributed by atoms with Gasteiger partial charge < -0.3 is 19.8 Å². The standard InChI is InChI=1S/C16H16BBrN2O4/c1-8(2)24-15-13(17(22)23)5-10(6-14(15)18)11-4-9(3)20-16(21)12(11)7-19/h4-6,8,22-23H,1-3H3,(H,20,21). The number of ether oxygens (including phenoxy) is 1. The van der Waals surface area contributed by atoms with Gasteiger partial charge in [0.25, 0.3) is 5.56 Å².